The topological polar surface area (TPSA) is 145 Å². The zero-order valence-corrected chi connectivity index (χ0v) is 31.7. The number of rotatable bonds is 9. The molecular weight excluding hydrogens is 709 g/mol. The zero-order chi connectivity index (χ0) is 38.2. The van der Waals surface area contributed by atoms with E-state index in [0.717, 1.165) is 12.5 Å². The highest BCUT2D eigenvalue weighted by molar-refractivity contribution is 7.47. The first-order valence-corrected chi connectivity index (χ1v) is 19.1. The highest BCUT2D eigenvalue weighted by Gasteiger charge is 2.51. The van der Waals surface area contributed by atoms with Crippen molar-refractivity contribution in [2.24, 2.45) is 13.0 Å². The third-order valence-electron chi connectivity index (χ3n) is 10.3. The fourth-order valence-corrected chi connectivity index (χ4v) is 9.42. The van der Waals surface area contributed by atoms with Crippen LogP contribution in [0, 0.1) is 17.6 Å². The van der Waals surface area contributed by atoms with Crippen LogP contribution < -0.4 is 15.6 Å². The second-order valence-electron chi connectivity index (χ2n) is 15.4. The van der Waals surface area contributed by atoms with Crippen molar-refractivity contribution in [3.05, 3.63) is 69.4 Å². The maximum atomic E-state index is 16.1. The summed E-state index contributed by atoms with van der Waals surface area (Å²) < 4.78 is 62.0. The minimum absolute atomic E-state index is 0.0686. The van der Waals surface area contributed by atoms with E-state index >= 15 is 8.78 Å². The van der Waals surface area contributed by atoms with Crippen molar-refractivity contribution in [2.45, 2.75) is 52.2 Å². The van der Waals surface area contributed by atoms with E-state index in [4.69, 9.17) is 18.8 Å². The number of aryl methyl sites for hydroxylation is 1. The van der Waals surface area contributed by atoms with Gasteiger partial charge < -0.3 is 28.9 Å². The van der Waals surface area contributed by atoms with Crippen LogP contribution in [-0.4, -0.2) is 88.6 Å². The van der Waals surface area contributed by atoms with Gasteiger partial charge in [-0.25, -0.2) is 27.6 Å². The minimum atomic E-state index is -4.35. The van der Waals surface area contributed by atoms with E-state index in [1.807, 2.05) is 7.05 Å². The molecule has 53 heavy (non-hydrogen) atoms. The van der Waals surface area contributed by atoms with Gasteiger partial charge in [0, 0.05) is 85.6 Å². The lowest BCUT2D eigenvalue weighted by atomic mass is 9.96. The number of likely N-dealkylation sites (N-methyl/N-ethyl adjacent to an activating group) is 1. The molecule has 0 saturated carbocycles. The van der Waals surface area contributed by atoms with Crippen molar-refractivity contribution in [1.29, 1.82) is 0 Å². The second kappa shape index (κ2) is 13.2. The Morgan fingerprint density at radius 1 is 1.17 bits per heavy atom. The van der Waals surface area contributed by atoms with Gasteiger partial charge in [-0.05, 0) is 45.7 Å². The predicted octanol–water partition coefficient (Wildman–Crippen LogP) is 5.61. The van der Waals surface area contributed by atoms with E-state index in [0.29, 0.717) is 69.1 Å². The van der Waals surface area contributed by atoms with Crippen LogP contribution in [0.4, 0.5) is 20.2 Å². The number of likely N-dealkylation sites (tertiary alicyclic amines) is 1. The van der Waals surface area contributed by atoms with Gasteiger partial charge in [0.15, 0.2) is 18.4 Å². The van der Waals surface area contributed by atoms with Gasteiger partial charge in [0.25, 0.3) is 0 Å². The van der Waals surface area contributed by atoms with E-state index in [1.54, 1.807) is 64.8 Å². The summed E-state index contributed by atoms with van der Waals surface area (Å²) in [6, 6.07) is 2.69. The number of nitrogens with one attached hydrogen (secondary N) is 1. The van der Waals surface area contributed by atoms with Gasteiger partial charge in [-0.3, -0.25) is 14.3 Å². The van der Waals surface area contributed by atoms with Crippen LogP contribution in [-0.2, 0) is 31.8 Å². The van der Waals surface area contributed by atoms with Crippen molar-refractivity contribution >= 4 is 36.2 Å². The maximum absolute atomic E-state index is 16.1. The number of pyridine rings is 3. The summed E-state index contributed by atoms with van der Waals surface area (Å²) in [4.78, 5) is 48.5. The number of ether oxygens (including phenoxy) is 1. The smallest absolute Gasteiger partial charge is 0.462 e. The molecule has 3 aliphatic rings. The van der Waals surface area contributed by atoms with Crippen LogP contribution in [0.1, 0.15) is 55.7 Å². The van der Waals surface area contributed by atoms with Crippen LogP contribution in [0.15, 0.2) is 35.5 Å². The minimum Gasteiger partial charge on any atom is -0.462 e. The Bertz CT molecular complexity index is 2280. The molecule has 3 aromatic heterocycles. The summed E-state index contributed by atoms with van der Waals surface area (Å²) in [5.41, 5.74) is 2.70. The number of hydrogen-bond donors (Lipinski definition) is 2. The summed E-state index contributed by atoms with van der Waals surface area (Å²) in [5, 5.41) is 3.19. The Hall–Kier alpha value is -4.27. The Kier molecular flexibility index (Phi) is 9.26. The van der Waals surface area contributed by atoms with Gasteiger partial charge in [0.1, 0.15) is 17.8 Å². The molecule has 16 heteroatoms. The molecule has 1 aromatic carbocycles. The molecular formula is C37H44F2N6O7P+. The van der Waals surface area contributed by atoms with Crippen molar-refractivity contribution < 1.29 is 41.3 Å². The SMILES string of the molecule is CCOC(=O)c1cn(C)c2ncc(-c3cnc4c(c3N3CC[C@@H]5C[N+](C)(COP(=O)(O)OC(C)(C)C)C[C@@H]53)-c3c(F)c(F)cc(NC)c3C4)cc2c1=O. The number of quaternary nitrogens is 1. The molecule has 1 aliphatic carbocycles. The number of esters is 1. The number of halogens is 2. The molecule has 2 N–H and O–H groups in total. The number of carbonyl (C=O) groups is 1. The lowest BCUT2D eigenvalue weighted by Crippen LogP contribution is -2.47. The Balaban J connectivity index is 1.37. The Morgan fingerprint density at radius 3 is 2.62 bits per heavy atom. The summed E-state index contributed by atoms with van der Waals surface area (Å²) in [6.45, 7) is 8.47. The number of hydrogen-bond acceptors (Lipinski definition) is 10. The average molecular weight is 754 g/mol. The molecule has 4 atom stereocenters. The maximum Gasteiger partial charge on any atom is 0.477 e. The zero-order valence-electron chi connectivity index (χ0n) is 30.8. The highest BCUT2D eigenvalue weighted by atomic mass is 31.2. The molecule has 2 aliphatic heterocycles. The third-order valence-corrected chi connectivity index (χ3v) is 11.6. The van der Waals surface area contributed by atoms with Gasteiger partial charge in [-0.1, -0.05) is 0 Å². The molecule has 2 saturated heterocycles. The van der Waals surface area contributed by atoms with Gasteiger partial charge >= 0.3 is 13.8 Å². The number of phosphoric acid groups is 1. The molecule has 0 bridgehead atoms. The number of nitrogens with zero attached hydrogens (tertiary/aromatic N) is 5. The van der Waals surface area contributed by atoms with Gasteiger partial charge in [0.2, 0.25) is 5.43 Å². The van der Waals surface area contributed by atoms with E-state index in [2.05, 4.69) is 15.2 Å². The molecule has 2 unspecified atom stereocenters. The first-order chi connectivity index (χ1) is 24.9. The normalized spacial score (nSPS) is 21.7. The fraction of sp³-hybridized carbons (Fsp3) is 0.459. The number of benzene rings is 1. The van der Waals surface area contributed by atoms with Crippen molar-refractivity contribution in [2.75, 3.05) is 57.3 Å². The van der Waals surface area contributed by atoms with Gasteiger partial charge in [-0.15, -0.1) is 0 Å². The summed E-state index contributed by atoms with van der Waals surface area (Å²) >= 11 is 0. The lowest BCUT2D eigenvalue weighted by Gasteiger charge is -2.34. The van der Waals surface area contributed by atoms with Crippen LogP contribution in [0.5, 0.6) is 0 Å². The molecule has 282 valence electrons. The molecule has 13 nitrogen and oxygen atoms in total. The molecule has 0 radical (unpaired) electrons. The first-order valence-electron chi connectivity index (χ1n) is 17.6. The number of phosphoric ester groups is 1. The Labute approximate surface area is 305 Å². The largest absolute Gasteiger partial charge is 0.477 e. The lowest BCUT2D eigenvalue weighted by molar-refractivity contribution is -0.915. The molecule has 4 aromatic rings. The van der Waals surface area contributed by atoms with E-state index in [-0.39, 0.29) is 48.2 Å². The first kappa shape index (κ1) is 37.1. The van der Waals surface area contributed by atoms with Crippen molar-refractivity contribution in [3.8, 4) is 22.3 Å². The Morgan fingerprint density at radius 2 is 1.92 bits per heavy atom. The van der Waals surface area contributed by atoms with Crippen LogP contribution in [0.3, 0.4) is 0 Å². The number of aromatic nitrogens is 3. The average Bonchev–Trinajstić information content (AvgIpc) is 3.76. The predicted molar refractivity (Wildman–Crippen MR) is 196 cm³/mol. The van der Waals surface area contributed by atoms with Crippen LogP contribution in [0.2, 0.25) is 0 Å². The molecule has 2 fully saturated rings. The number of fused-ring (bicyclic) bond motifs is 5. The molecule has 0 amide bonds. The van der Waals surface area contributed by atoms with Crippen LogP contribution >= 0.6 is 7.82 Å². The standard InChI is InChI=1S/C37H43F2N6O7P/c1-8-50-36(47)25-16-43(6)35-23(34(25)46)11-21(14-42-35)24-15-41-28-12-22-27(40-5)13-26(38)32(39)30(22)31(28)33(24)44-10-9-20-17-45(7,18-29(20)44)19-51-53(48,49)52-37(2,3)4/h11,13-16,20,29,40H,8-10,12,17-19H2,1-7H3/p+1/t20-,29+,45?/m1/s1. The monoisotopic (exact) mass is 753 g/mol. The van der Waals surface area contributed by atoms with E-state index < -0.39 is 36.5 Å². The van der Waals surface area contributed by atoms with E-state index in [9.17, 15) is 19.0 Å². The van der Waals surface area contributed by atoms with Crippen molar-refractivity contribution in [3.63, 3.8) is 0 Å². The van der Waals surface area contributed by atoms with Gasteiger partial charge in [0.05, 0.1) is 48.6 Å². The van der Waals surface area contributed by atoms with Gasteiger partial charge in [-0.2, -0.15) is 0 Å². The second-order valence-corrected chi connectivity index (χ2v) is 16.7. The highest BCUT2D eigenvalue weighted by Crippen LogP contribution is 2.53. The van der Waals surface area contributed by atoms with Crippen molar-refractivity contribution in [1.82, 2.24) is 14.5 Å². The number of anilines is 2. The molecule has 5 heterocycles. The molecule has 7 rings (SSSR count). The van der Waals surface area contributed by atoms with Crippen LogP contribution in [0.25, 0.3) is 33.3 Å². The molecule has 0 spiro atoms. The summed E-state index contributed by atoms with van der Waals surface area (Å²) in [7, 11) is 0.944. The van der Waals surface area contributed by atoms with E-state index in [1.165, 1.54) is 6.20 Å². The quantitative estimate of drug-likeness (QED) is 0.110. The summed E-state index contributed by atoms with van der Waals surface area (Å²) in [6.07, 6.45) is 5.73. The number of carbonyl (C=O) groups excluding carboxylic acids is 1. The fourth-order valence-electron chi connectivity index (χ4n) is 8.25. The third kappa shape index (κ3) is 6.63. The summed E-state index contributed by atoms with van der Waals surface area (Å²) in [5.74, 6) is -2.57.